The zero-order valence-electron chi connectivity index (χ0n) is 12.2. The summed E-state index contributed by atoms with van der Waals surface area (Å²) in [7, 11) is -3.52. The number of aromatic nitrogens is 2. The van der Waals surface area contributed by atoms with E-state index in [0.29, 0.717) is 11.3 Å². The molecule has 118 valence electrons. The van der Waals surface area contributed by atoms with Crippen LogP contribution < -0.4 is 9.62 Å². The molecule has 2 aromatic rings. The van der Waals surface area contributed by atoms with Crippen LogP contribution in [0.5, 0.6) is 0 Å². The Morgan fingerprint density at radius 3 is 2.77 bits per heavy atom. The van der Waals surface area contributed by atoms with E-state index in [4.69, 9.17) is 4.52 Å². The average molecular weight is 324 g/mol. The van der Waals surface area contributed by atoms with Gasteiger partial charge in [-0.3, -0.25) is 9.78 Å². The van der Waals surface area contributed by atoms with Gasteiger partial charge in [-0.05, 0) is 19.1 Å². The molecule has 0 fully saturated rings. The molecular formula is C13H16N4O4S. The number of sulfonamides is 1. The molecule has 9 heteroatoms. The first-order valence-electron chi connectivity index (χ1n) is 6.47. The van der Waals surface area contributed by atoms with Gasteiger partial charge in [0.25, 0.3) is 5.91 Å². The molecule has 8 nitrogen and oxygen atoms in total. The van der Waals surface area contributed by atoms with Gasteiger partial charge >= 0.3 is 0 Å². The van der Waals surface area contributed by atoms with E-state index in [1.165, 1.54) is 12.3 Å². The Kier molecular flexibility index (Phi) is 4.76. The van der Waals surface area contributed by atoms with Crippen LogP contribution in [0.25, 0.3) is 0 Å². The van der Waals surface area contributed by atoms with Crippen molar-refractivity contribution in [2.45, 2.75) is 6.92 Å². The number of amides is 1. The van der Waals surface area contributed by atoms with Crippen molar-refractivity contribution < 1.29 is 17.7 Å². The summed E-state index contributed by atoms with van der Waals surface area (Å²) in [6.45, 7) is 1.85. The highest BCUT2D eigenvalue weighted by Crippen LogP contribution is 2.16. The summed E-state index contributed by atoms with van der Waals surface area (Å²) < 4.78 is 29.6. The molecule has 0 aromatic carbocycles. The molecule has 2 heterocycles. The van der Waals surface area contributed by atoms with Crippen molar-refractivity contribution in [3.05, 3.63) is 41.9 Å². The number of carbonyl (C=O) groups is 1. The normalized spacial score (nSPS) is 11.2. The van der Waals surface area contributed by atoms with Gasteiger partial charge in [-0.1, -0.05) is 5.16 Å². The molecule has 0 aliphatic heterocycles. The average Bonchev–Trinajstić information content (AvgIpc) is 2.89. The molecule has 0 saturated heterocycles. The van der Waals surface area contributed by atoms with Crippen LogP contribution >= 0.6 is 0 Å². The van der Waals surface area contributed by atoms with Gasteiger partial charge in [-0.15, -0.1) is 0 Å². The van der Waals surface area contributed by atoms with Crippen LogP contribution in [-0.2, 0) is 10.0 Å². The Morgan fingerprint density at radius 1 is 1.45 bits per heavy atom. The fourth-order valence-corrected chi connectivity index (χ4v) is 2.64. The van der Waals surface area contributed by atoms with Crippen LogP contribution in [0.4, 0.5) is 5.82 Å². The molecule has 0 atom stereocenters. The fraction of sp³-hybridized carbons (Fsp3) is 0.308. The number of nitrogens with zero attached hydrogens (tertiary/aromatic N) is 3. The number of carbonyl (C=O) groups excluding carboxylic acids is 1. The van der Waals surface area contributed by atoms with Crippen LogP contribution in [0, 0.1) is 6.92 Å². The minimum atomic E-state index is -3.52. The first-order chi connectivity index (χ1) is 10.4. The van der Waals surface area contributed by atoms with Gasteiger partial charge in [0.15, 0.2) is 5.82 Å². The minimum Gasteiger partial charge on any atom is -0.360 e. The molecule has 1 amide bonds. The molecule has 0 saturated carbocycles. The number of aryl methyl sites for hydroxylation is 1. The van der Waals surface area contributed by atoms with Gasteiger partial charge in [0.1, 0.15) is 5.76 Å². The van der Waals surface area contributed by atoms with Gasteiger partial charge in [0.2, 0.25) is 10.0 Å². The molecule has 22 heavy (non-hydrogen) atoms. The first kappa shape index (κ1) is 16.0. The Bertz CT molecular complexity index is 742. The molecule has 0 bridgehead atoms. The summed E-state index contributed by atoms with van der Waals surface area (Å²) in [6.07, 6.45) is 4.07. The predicted octanol–water partition coefficient (Wildman–Crippen LogP) is 0.574. The van der Waals surface area contributed by atoms with Crippen molar-refractivity contribution >= 4 is 21.7 Å². The maximum Gasteiger partial charge on any atom is 0.252 e. The summed E-state index contributed by atoms with van der Waals surface area (Å²) in [4.78, 5) is 15.7. The lowest BCUT2D eigenvalue weighted by molar-refractivity contribution is 0.0954. The van der Waals surface area contributed by atoms with Gasteiger partial charge in [-0.2, -0.15) is 0 Å². The largest absolute Gasteiger partial charge is 0.360 e. The second-order valence-electron chi connectivity index (χ2n) is 4.63. The van der Waals surface area contributed by atoms with E-state index in [0.717, 1.165) is 10.6 Å². The highest BCUT2D eigenvalue weighted by Gasteiger charge is 2.20. The first-order valence-corrected chi connectivity index (χ1v) is 8.32. The van der Waals surface area contributed by atoms with E-state index in [1.54, 1.807) is 25.3 Å². The maximum atomic E-state index is 11.9. The molecule has 2 aromatic heterocycles. The number of rotatable bonds is 6. The smallest absolute Gasteiger partial charge is 0.252 e. The van der Waals surface area contributed by atoms with Crippen LogP contribution in [0.15, 0.2) is 35.1 Å². The minimum absolute atomic E-state index is 0.0524. The zero-order valence-corrected chi connectivity index (χ0v) is 13.0. The van der Waals surface area contributed by atoms with Gasteiger partial charge < -0.3 is 9.84 Å². The summed E-state index contributed by atoms with van der Waals surface area (Å²) in [6, 6.07) is 4.79. The standard InChI is InChI=1S/C13H16N4O4S/c1-10-8-12(16-21-10)17(22(2,19)20)7-6-15-13(18)11-4-3-5-14-9-11/h3-5,8-9H,6-7H2,1-2H3,(H,15,18). The monoisotopic (exact) mass is 324 g/mol. The molecular weight excluding hydrogens is 308 g/mol. The van der Waals surface area contributed by atoms with Crippen LogP contribution in [0.3, 0.4) is 0 Å². The lowest BCUT2D eigenvalue weighted by Gasteiger charge is -2.19. The Morgan fingerprint density at radius 2 is 2.23 bits per heavy atom. The molecule has 0 unspecified atom stereocenters. The van der Waals surface area contributed by atoms with Crippen molar-refractivity contribution in [3.63, 3.8) is 0 Å². The number of anilines is 1. The van der Waals surface area contributed by atoms with Gasteiger partial charge in [0.05, 0.1) is 18.4 Å². The summed E-state index contributed by atoms with van der Waals surface area (Å²) >= 11 is 0. The quantitative estimate of drug-likeness (QED) is 0.833. The number of pyridine rings is 1. The highest BCUT2D eigenvalue weighted by molar-refractivity contribution is 7.92. The predicted molar refractivity (Wildman–Crippen MR) is 80.0 cm³/mol. The third kappa shape index (κ3) is 4.04. The number of nitrogens with one attached hydrogen (secondary N) is 1. The van der Waals surface area contributed by atoms with E-state index in [2.05, 4.69) is 15.5 Å². The Balaban J connectivity index is 2.00. The SMILES string of the molecule is Cc1cc(N(CCNC(=O)c2cccnc2)S(C)(=O)=O)no1. The third-order valence-electron chi connectivity index (χ3n) is 2.80. The summed E-state index contributed by atoms with van der Waals surface area (Å²) in [5, 5.41) is 6.32. The summed E-state index contributed by atoms with van der Waals surface area (Å²) in [5.41, 5.74) is 0.408. The number of hydrogen-bond acceptors (Lipinski definition) is 6. The molecule has 0 radical (unpaired) electrons. The van der Waals surface area contributed by atoms with Crippen LogP contribution in [0.2, 0.25) is 0 Å². The molecule has 0 aliphatic rings. The maximum absolute atomic E-state index is 11.9. The second-order valence-corrected chi connectivity index (χ2v) is 6.54. The molecule has 0 spiro atoms. The van der Waals surface area contributed by atoms with Crippen molar-refractivity contribution in [2.75, 3.05) is 23.7 Å². The molecule has 1 N–H and O–H groups in total. The van der Waals surface area contributed by atoms with Crippen molar-refractivity contribution in [2.24, 2.45) is 0 Å². The second kappa shape index (κ2) is 6.56. The number of hydrogen-bond donors (Lipinski definition) is 1. The molecule has 0 aliphatic carbocycles. The highest BCUT2D eigenvalue weighted by atomic mass is 32.2. The van der Waals surface area contributed by atoms with Gasteiger partial charge in [0, 0.05) is 25.0 Å². The van der Waals surface area contributed by atoms with Gasteiger partial charge in [-0.25, -0.2) is 12.7 Å². The Hall–Kier alpha value is -2.42. The van der Waals surface area contributed by atoms with E-state index >= 15 is 0 Å². The van der Waals surface area contributed by atoms with Crippen molar-refractivity contribution in [1.82, 2.24) is 15.5 Å². The lowest BCUT2D eigenvalue weighted by atomic mass is 10.3. The lowest BCUT2D eigenvalue weighted by Crippen LogP contribution is -2.38. The Labute approximate surface area is 128 Å². The zero-order chi connectivity index (χ0) is 16.2. The topological polar surface area (TPSA) is 105 Å². The van der Waals surface area contributed by atoms with Crippen LogP contribution in [0.1, 0.15) is 16.1 Å². The van der Waals surface area contributed by atoms with E-state index < -0.39 is 10.0 Å². The van der Waals surface area contributed by atoms with E-state index in [-0.39, 0.29) is 24.8 Å². The molecule has 2 rings (SSSR count). The summed E-state index contributed by atoms with van der Waals surface area (Å²) in [5.74, 6) is 0.372. The third-order valence-corrected chi connectivity index (χ3v) is 3.97. The van der Waals surface area contributed by atoms with Crippen LogP contribution in [-0.4, -0.2) is 43.8 Å². The van der Waals surface area contributed by atoms with Crippen molar-refractivity contribution in [3.8, 4) is 0 Å². The van der Waals surface area contributed by atoms with E-state index in [1.807, 2.05) is 0 Å². The van der Waals surface area contributed by atoms with E-state index in [9.17, 15) is 13.2 Å². The fourth-order valence-electron chi connectivity index (χ4n) is 1.79. The van der Waals surface area contributed by atoms with Crippen molar-refractivity contribution in [1.29, 1.82) is 0 Å².